The zero-order chi connectivity index (χ0) is 12.7. The van der Waals surface area contributed by atoms with E-state index >= 15 is 0 Å². The molecule has 0 unspecified atom stereocenters. The van der Waals surface area contributed by atoms with E-state index in [0.29, 0.717) is 5.75 Å². The second-order valence-corrected chi connectivity index (χ2v) is 5.96. The van der Waals surface area contributed by atoms with E-state index in [4.69, 9.17) is 10.4 Å². The molecule has 0 aliphatic heterocycles. The Morgan fingerprint density at radius 3 is 2.47 bits per heavy atom. The van der Waals surface area contributed by atoms with Crippen LogP contribution in [0.5, 0.6) is 5.75 Å². The van der Waals surface area contributed by atoms with E-state index in [1.165, 1.54) is 4.90 Å². The third-order valence-corrected chi connectivity index (χ3v) is 3.70. The van der Waals surface area contributed by atoms with Crippen LogP contribution >= 0.6 is 11.8 Å². The summed E-state index contributed by atoms with van der Waals surface area (Å²) in [4.78, 5) is 1.18. The van der Waals surface area contributed by atoms with Crippen LogP contribution in [-0.4, -0.2) is 10.9 Å². The van der Waals surface area contributed by atoms with Gasteiger partial charge >= 0.3 is 0 Å². The average Bonchev–Trinajstić information content (AvgIpc) is 2.31. The van der Waals surface area contributed by atoms with Crippen molar-refractivity contribution in [3.8, 4) is 11.8 Å². The molecule has 0 bridgehead atoms. The molecule has 1 rings (SSSR count). The van der Waals surface area contributed by atoms with Crippen LogP contribution in [0, 0.1) is 16.7 Å². The van der Waals surface area contributed by atoms with Crippen molar-refractivity contribution in [2.24, 2.45) is 5.41 Å². The van der Waals surface area contributed by atoms with Gasteiger partial charge in [0.15, 0.2) is 0 Å². The number of hydrogen-bond donors (Lipinski definition) is 1. The summed E-state index contributed by atoms with van der Waals surface area (Å²) >= 11 is 1.79. The molecule has 0 aliphatic rings. The molecule has 0 spiro atoms. The lowest BCUT2D eigenvalue weighted by atomic mass is 9.89. The van der Waals surface area contributed by atoms with E-state index in [1.54, 1.807) is 23.9 Å². The highest BCUT2D eigenvalue weighted by Gasteiger charge is 2.15. The van der Waals surface area contributed by atoms with E-state index in [1.807, 2.05) is 26.0 Å². The number of hydrogen-bond acceptors (Lipinski definition) is 3. The standard InChI is InChI=1S/C14H19NOS/c1-14(2,11-15)9-3-4-10-17-13-7-5-12(16)6-8-13/h5-8,16H,3-4,9-10H2,1-2H3. The summed E-state index contributed by atoms with van der Waals surface area (Å²) in [5, 5.41) is 18.0. The number of thioether (sulfide) groups is 1. The second-order valence-electron chi connectivity index (χ2n) is 4.80. The number of nitrogens with zero attached hydrogens (tertiary/aromatic N) is 1. The van der Waals surface area contributed by atoms with Gasteiger partial charge in [-0.1, -0.05) is 6.42 Å². The highest BCUT2D eigenvalue weighted by Crippen LogP contribution is 2.25. The molecule has 0 atom stereocenters. The van der Waals surface area contributed by atoms with Gasteiger partial charge < -0.3 is 5.11 Å². The SMILES string of the molecule is CC(C)(C#N)CCCCSc1ccc(O)cc1. The molecule has 0 amide bonds. The van der Waals surface area contributed by atoms with Crippen LogP contribution in [0.15, 0.2) is 29.2 Å². The minimum Gasteiger partial charge on any atom is -0.508 e. The number of unbranched alkanes of at least 4 members (excludes halogenated alkanes) is 1. The second kappa shape index (κ2) is 6.56. The van der Waals surface area contributed by atoms with Crippen molar-refractivity contribution in [1.82, 2.24) is 0 Å². The van der Waals surface area contributed by atoms with Gasteiger partial charge in [0, 0.05) is 4.90 Å². The number of nitriles is 1. The largest absolute Gasteiger partial charge is 0.508 e. The van der Waals surface area contributed by atoms with Crippen molar-refractivity contribution in [2.45, 2.75) is 38.0 Å². The predicted molar refractivity (Wildman–Crippen MR) is 72.1 cm³/mol. The summed E-state index contributed by atoms with van der Waals surface area (Å²) < 4.78 is 0. The van der Waals surface area contributed by atoms with E-state index < -0.39 is 0 Å². The monoisotopic (exact) mass is 249 g/mol. The minimum atomic E-state index is -0.191. The molecule has 3 heteroatoms. The first-order valence-corrected chi connectivity index (χ1v) is 6.85. The summed E-state index contributed by atoms with van der Waals surface area (Å²) in [6.45, 7) is 3.97. The molecule has 0 heterocycles. The molecular formula is C14H19NOS. The first-order chi connectivity index (χ1) is 8.03. The number of phenols is 1. The maximum absolute atomic E-state index is 9.14. The van der Waals surface area contributed by atoms with Crippen LogP contribution in [0.25, 0.3) is 0 Å². The summed E-state index contributed by atoms with van der Waals surface area (Å²) in [6, 6.07) is 9.60. The zero-order valence-electron chi connectivity index (χ0n) is 10.4. The number of phenolic OH excluding ortho intramolecular Hbond substituents is 1. The maximum Gasteiger partial charge on any atom is 0.115 e. The molecule has 0 saturated heterocycles. The molecule has 0 saturated carbocycles. The van der Waals surface area contributed by atoms with Crippen LogP contribution in [0.4, 0.5) is 0 Å². The Labute approximate surface area is 108 Å². The molecule has 1 aromatic carbocycles. The molecule has 17 heavy (non-hydrogen) atoms. The topological polar surface area (TPSA) is 44.0 Å². The third kappa shape index (κ3) is 5.65. The maximum atomic E-state index is 9.14. The molecule has 0 aliphatic carbocycles. The zero-order valence-corrected chi connectivity index (χ0v) is 11.3. The first-order valence-electron chi connectivity index (χ1n) is 5.86. The van der Waals surface area contributed by atoms with Crippen molar-refractivity contribution in [3.05, 3.63) is 24.3 Å². The fourth-order valence-corrected chi connectivity index (χ4v) is 2.37. The molecule has 0 fully saturated rings. The average molecular weight is 249 g/mol. The Balaban J connectivity index is 2.17. The summed E-state index contributed by atoms with van der Waals surface area (Å²) in [5.74, 6) is 1.37. The van der Waals surface area contributed by atoms with Crippen molar-refractivity contribution in [1.29, 1.82) is 5.26 Å². The van der Waals surface area contributed by atoms with Gasteiger partial charge in [0.2, 0.25) is 0 Å². The summed E-state index contributed by atoms with van der Waals surface area (Å²) in [7, 11) is 0. The lowest BCUT2D eigenvalue weighted by Crippen LogP contribution is -2.07. The molecule has 1 N–H and O–H groups in total. The third-order valence-electron chi connectivity index (χ3n) is 2.60. The Morgan fingerprint density at radius 1 is 1.24 bits per heavy atom. The van der Waals surface area contributed by atoms with Crippen molar-refractivity contribution < 1.29 is 5.11 Å². The fourth-order valence-electron chi connectivity index (χ4n) is 1.46. The molecular weight excluding hydrogens is 230 g/mol. The molecule has 0 aromatic heterocycles. The van der Waals surface area contributed by atoms with Crippen LogP contribution < -0.4 is 0 Å². The van der Waals surface area contributed by atoms with Crippen LogP contribution in [0.1, 0.15) is 33.1 Å². The van der Waals surface area contributed by atoms with Crippen LogP contribution in [0.2, 0.25) is 0 Å². The van der Waals surface area contributed by atoms with Gasteiger partial charge in [0.25, 0.3) is 0 Å². The van der Waals surface area contributed by atoms with Gasteiger partial charge in [0.1, 0.15) is 5.75 Å². The van der Waals surface area contributed by atoms with E-state index in [0.717, 1.165) is 25.0 Å². The van der Waals surface area contributed by atoms with Gasteiger partial charge in [-0.05, 0) is 56.7 Å². The predicted octanol–water partition coefficient (Wildman–Crippen LogP) is 4.20. The Kier molecular flexibility index (Phi) is 5.37. The molecule has 92 valence electrons. The quantitative estimate of drug-likeness (QED) is 0.607. The number of benzene rings is 1. The van der Waals surface area contributed by atoms with Crippen LogP contribution in [-0.2, 0) is 0 Å². The van der Waals surface area contributed by atoms with Crippen molar-refractivity contribution in [2.75, 3.05) is 5.75 Å². The summed E-state index contributed by atoms with van der Waals surface area (Å²) in [5.41, 5.74) is -0.191. The molecule has 1 aromatic rings. The van der Waals surface area contributed by atoms with Crippen molar-refractivity contribution in [3.63, 3.8) is 0 Å². The number of rotatable bonds is 6. The van der Waals surface area contributed by atoms with Gasteiger partial charge in [-0.25, -0.2) is 0 Å². The van der Waals surface area contributed by atoms with E-state index in [9.17, 15) is 0 Å². The Morgan fingerprint density at radius 2 is 1.88 bits per heavy atom. The van der Waals surface area contributed by atoms with Crippen LogP contribution in [0.3, 0.4) is 0 Å². The molecule has 2 nitrogen and oxygen atoms in total. The van der Waals surface area contributed by atoms with Gasteiger partial charge in [0.05, 0.1) is 11.5 Å². The van der Waals surface area contributed by atoms with Crippen molar-refractivity contribution >= 4 is 11.8 Å². The Hall–Kier alpha value is -1.14. The smallest absolute Gasteiger partial charge is 0.115 e. The molecule has 0 radical (unpaired) electrons. The van der Waals surface area contributed by atoms with Gasteiger partial charge in [-0.2, -0.15) is 5.26 Å². The first kappa shape index (κ1) is 13.9. The normalized spacial score (nSPS) is 11.1. The number of aromatic hydroxyl groups is 1. The summed E-state index contributed by atoms with van der Waals surface area (Å²) in [6.07, 6.45) is 3.17. The van der Waals surface area contributed by atoms with E-state index in [2.05, 4.69) is 6.07 Å². The fraction of sp³-hybridized carbons (Fsp3) is 0.500. The highest BCUT2D eigenvalue weighted by molar-refractivity contribution is 7.99. The Bertz CT molecular complexity index is 378. The lowest BCUT2D eigenvalue weighted by Gasteiger charge is -2.13. The highest BCUT2D eigenvalue weighted by atomic mass is 32.2. The lowest BCUT2D eigenvalue weighted by molar-refractivity contribution is 0.433. The van der Waals surface area contributed by atoms with Gasteiger partial charge in [-0.3, -0.25) is 0 Å². The van der Waals surface area contributed by atoms with Gasteiger partial charge in [-0.15, -0.1) is 11.8 Å². The minimum absolute atomic E-state index is 0.191. The van der Waals surface area contributed by atoms with E-state index in [-0.39, 0.29) is 5.41 Å².